The molecule has 4 heteroatoms. The first kappa shape index (κ1) is 38.2. The van der Waals surface area contributed by atoms with E-state index in [-0.39, 0.29) is 0 Å². The van der Waals surface area contributed by atoms with Crippen molar-refractivity contribution in [3.63, 3.8) is 0 Å². The van der Waals surface area contributed by atoms with Gasteiger partial charge in [0.25, 0.3) is 0 Å². The van der Waals surface area contributed by atoms with E-state index in [4.69, 9.17) is 0 Å². The number of para-hydroxylation sites is 2. The summed E-state index contributed by atoms with van der Waals surface area (Å²) < 4.78 is 2.64. The van der Waals surface area contributed by atoms with Crippen LogP contribution in [0.25, 0.3) is 42.4 Å². The molecule has 0 unspecified atom stereocenters. The van der Waals surface area contributed by atoms with Crippen molar-refractivity contribution in [2.45, 2.75) is 12.8 Å². The lowest BCUT2D eigenvalue weighted by Gasteiger charge is -2.32. The number of benzene rings is 9. The Kier molecular flexibility index (Phi) is 9.55. The largest absolute Gasteiger partial charge is 0.311 e. The fourth-order valence-electron chi connectivity index (χ4n) is 10.3. The summed E-state index contributed by atoms with van der Waals surface area (Å²) in [6, 6.07) is 83.7. The van der Waals surface area contributed by atoms with Crippen LogP contribution in [0.15, 0.2) is 248 Å². The standard InChI is InChI=1S/C60H44N2SSi/c1-6-20-45(21-7-1)61(46-22-8-2-9-23-46)50-35-38-59-56(42-50)54-36-33-44(40-60(54)64(59,51-27-12-4-13-28-51)52-29-14-5-15-30-52)43-19-18-26-48(39-43)62(47-24-10-3-11-25-47)49-34-37-58-55(41-49)53-31-16-17-32-57(53)63-58/h1-2,4-10,12-42H,3,11H2. The molecule has 0 spiro atoms. The van der Waals surface area contributed by atoms with Gasteiger partial charge in [-0.25, -0.2) is 0 Å². The first-order chi connectivity index (χ1) is 31.7. The number of hydrogen-bond acceptors (Lipinski definition) is 3. The van der Waals surface area contributed by atoms with Crippen molar-refractivity contribution in [2.24, 2.45) is 0 Å². The Labute approximate surface area is 380 Å². The van der Waals surface area contributed by atoms with E-state index in [0.717, 1.165) is 35.6 Å². The predicted octanol–water partition coefficient (Wildman–Crippen LogP) is 13.9. The fraction of sp³-hybridized carbons (Fsp3) is 0.0333. The van der Waals surface area contributed by atoms with Gasteiger partial charge in [-0.15, -0.1) is 11.3 Å². The van der Waals surface area contributed by atoms with Crippen LogP contribution in [0, 0.1) is 0 Å². The molecule has 0 saturated carbocycles. The Morgan fingerprint density at radius 2 is 0.969 bits per heavy atom. The Bertz CT molecular complexity index is 3310. The summed E-state index contributed by atoms with van der Waals surface area (Å²) in [7, 11) is -2.81. The molecule has 0 fully saturated rings. The zero-order chi connectivity index (χ0) is 42.5. The van der Waals surface area contributed by atoms with E-state index in [2.05, 4.69) is 252 Å². The molecule has 0 radical (unpaired) electrons. The van der Waals surface area contributed by atoms with Crippen molar-refractivity contribution in [3.05, 3.63) is 248 Å². The molecule has 12 rings (SSSR count). The van der Waals surface area contributed by atoms with Gasteiger partial charge in [-0.3, -0.25) is 0 Å². The van der Waals surface area contributed by atoms with Crippen LogP contribution in [0.4, 0.5) is 28.4 Å². The minimum absolute atomic E-state index is 1.03. The molecule has 0 bridgehead atoms. The number of rotatable bonds is 9. The van der Waals surface area contributed by atoms with E-state index in [1.54, 1.807) is 0 Å². The summed E-state index contributed by atoms with van der Waals surface area (Å²) in [4.78, 5) is 4.84. The molecule has 0 N–H and O–H groups in total. The minimum Gasteiger partial charge on any atom is -0.311 e. The van der Waals surface area contributed by atoms with Gasteiger partial charge in [0.2, 0.25) is 0 Å². The van der Waals surface area contributed by atoms with Crippen molar-refractivity contribution in [1.82, 2.24) is 0 Å². The van der Waals surface area contributed by atoms with E-state index < -0.39 is 8.07 Å². The van der Waals surface area contributed by atoms with Crippen LogP contribution >= 0.6 is 11.3 Å². The number of allylic oxidation sites excluding steroid dienone is 3. The third kappa shape index (κ3) is 6.37. The van der Waals surface area contributed by atoms with Gasteiger partial charge in [-0.2, -0.15) is 0 Å². The maximum absolute atomic E-state index is 2.81. The second-order valence-electron chi connectivity index (χ2n) is 16.8. The Balaban J connectivity index is 1.04. The van der Waals surface area contributed by atoms with Gasteiger partial charge in [0.15, 0.2) is 8.07 Å². The maximum Gasteiger partial charge on any atom is 0.180 e. The SMILES string of the molecule is C1=CC(N(c2cccc(-c3ccc4c(c3)[Si](c3ccccc3)(c3ccccc3)c3ccc(N(c5ccccc5)c5ccccc5)cc3-4)c2)c2ccc3sc4ccccc4c3c2)=CCC1. The molecule has 9 aromatic carbocycles. The van der Waals surface area contributed by atoms with E-state index >= 15 is 0 Å². The number of thiophene rings is 1. The Morgan fingerprint density at radius 1 is 0.375 bits per heavy atom. The number of hydrogen-bond donors (Lipinski definition) is 0. The number of nitrogens with zero attached hydrogens (tertiary/aromatic N) is 2. The van der Waals surface area contributed by atoms with Crippen molar-refractivity contribution in [2.75, 3.05) is 9.80 Å². The molecule has 304 valence electrons. The van der Waals surface area contributed by atoms with Gasteiger partial charge in [0, 0.05) is 54.3 Å². The zero-order valence-electron chi connectivity index (χ0n) is 35.3. The maximum atomic E-state index is 2.54. The molecule has 1 aromatic heterocycles. The van der Waals surface area contributed by atoms with Crippen molar-refractivity contribution >= 4 is 88.8 Å². The van der Waals surface area contributed by atoms with E-state index in [1.807, 2.05) is 11.3 Å². The van der Waals surface area contributed by atoms with Crippen LogP contribution in [-0.2, 0) is 0 Å². The van der Waals surface area contributed by atoms with E-state index in [1.165, 1.54) is 74.6 Å². The molecule has 64 heavy (non-hydrogen) atoms. The van der Waals surface area contributed by atoms with Gasteiger partial charge < -0.3 is 9.80 Å². The lowest BCUT2D eigenvalue weighted by molar-refractivity contribution is 0.997. The van der Waals surface area contributed by atoms with Crippen molar-refractivity contribution in [3.8, 4) is 22.3 Å². The summed E-state index contributed by atoms with van der Waals surface area (Å²) in [5.41, 5.74) is 12.0. The highest BCUT2D eigenvalue weighted by Crippen LogP contribution is 2.42. The van der Waals surface area contributed by atoms with Crippen molar-refractivity contribution in [1.29, 1.82) is 0 Å². The summed E-state index contributed by atoms with van der Waals surface area (Å²) in [5, 5.41) is 8.25. The highest BCUT2D eigenvalue weighted by molar-refractivity contribution is 7.25. The average Bonchev–Trinajstić information content (AvgIpc) is 3.89. The molecule has 0 atom stereocenters. The summed E-state index contributed by atoms with van der Waals surface area (Å²) in [5.74, 6) is 0. The lowest BCUT2D eigenvalue weighted by atomic mass is 9.99. The van der Waals surface area contributed by atoms with Crippen LogP contribution in [0.2, 0.25) is 0 Å². The molecule has 10 aromatic rings. The van der Waals surface area contributed by atoms with Gasteiger partial charge in [-0.1, -0.05) is 164 Å². The van der Waals surface area contributed by atoms with Gasteiger partial charge in [-0.05, 0) is 135 Å². The third-order valence-electron chi connectivity index (χ3n) is 13.1. The molecule has 1 aliphatic carbocycles. The van der Waals surface area contributed by atoms with Crippen LogP contribution in [0.5, 0.6) is 0 Å². The number of fused-ring (bicyclic) bond motifs is 6. The smallest absolute Gasteiger partial charge is 0.180 e. The van der Waals surface area contributed by atoms with Crippen molar-refractivity contribution < 1.29 is 0 Å². The molecule has 2 heterocycles. The molecule has 1 aliphatic heterocycles. The van der Waals surface area contributed by atoms with E-state index in [0.29, 0.717) is 0 Å². The van der Waals surface area contributed by atoms with Crippen LogP contribution < -0.4 is 30.5 Å². The topological polar surface area (TPSA) is 6.48 Å². The highest BCUT2D eigenvalue weighted by Gasteiger charge is 2.49. The first-order valence-electron chi connectivity index (χ1n) is 22.2. The number of anilines is 5. The normalized spacial score (nSPS) is 13.7. The fourth-order valence-corrected chi connectivity index (χ4v) is 16.6. The molecule has 0 amide bonds. The molecule has 0 saturated heterocycles. The molecule has 2 nitrogen and oxygen atoms in total. The van der Waals surface area contributed by atoms with Gasteiger partial charge in [0.1, 0.15) is 0 Å². The Hall–Kier alpha value is -7.50. The van der Waals surface area contributed by atoms with Crippen LogP contribution in [-0.4, -0.2) is 8.07 Å². The molecule has 2 aliphatic rings. The summed E-state index contributed by atoms with van der Waals surface area (Å²) in [6.45, 7) is 0. The van der Waals surface area contributed by atoms with Crippen LogP contribution in [0.3, 0.4) is 0 Å². The molecular formula is C60H44N2SSi. The quantitative estimate of drug-likeness (QED) is 0.134. The third-order valence-corrected chi connectivity index (χ3v) is 19.1. The predicted molar refractivity (Wildman–Crippen MR) is 277 cm³/mol. The van der Waals surface area contributed by atoms with E-state index in [9.17, 15) is 0 Å². The second kappa shape index (κ2) is 16.0. The second-order valence-corrected chi connectivity index (χ2v) is 21.6. The Morgan fingerprint density at radius 3 is 1.67 bits per heavy atom. The minimum atomic E-state index is -2.81. The highest BCUT2D eigenvalue weighted by atomic mass is 32.1. The average molecular weight is 853 g/mol. The van der Waals surface area contributed by atoms with Gasteiger partial charge in [0.05, 0.1) is 0 Å². The zero-order valence-corrected chi connectivity index (χ0v) is 37.1. The summed E-state index contributed by atoms with van der Waals surface area (Å²) >= 11 is 1.87. The summed E-state index contributed by atoms with van der Waals surface area (Å²) in [6.07, 6.45) is 9.09. The van der Waals surface area contributed by atoms with Gasteiger partial charge >= 0.3 is 0 Å². The first-order valence-corrected chi connectivity index (χ1v) is 25.0. The lowest BCUT2D eigenvalue weighted by Crippen LogP contribution is -2.72. The monoisotopic (exact) mass is 852 g/mol. The van der Waals surface area contributed by atoms with Crippen LogP contribution in [0.1, 0.15) is 12.8 Å². The molecular weight excluding hydrogens is 809 g/mol.